The molecule has 0 atom stereocenters. The van der Waals surface area contributed by atoms with Crippen LogP contribution in [-0.2, 0) is 6.54 Å². The molecule has 1 aromatic carbocycles. The summed E-state index contributed by atoms with van der Waals surface area (Å²) >= 11 is 0. The molecule has 11 heteroatoms. The van der Waals surface area contributed by atoms with Gasteiger partial charge in [0, 0.05) is 30.8 Å². The van der Waals surface area contributed by atoms with Crippen LogP contribution in [0.1, 0.15) is 31.2 Å². The minimum absolute atomic E-state index is 0.00296. The number of rotatable bonds is 8. The lowest BCUT2D eigenvalue weighted by Gasteiger charge is -2.26. The summed E-state index contributed by atoms with van der Waals surface area (Å²) in [6.45, 7) is 0.531. The zero-order chi connectivity index (χ0) is 22.4. The first-order valence-corrected chi connectivity index (χ1v) is 9.93. The van der Waals surface area contributed by atoms with Gasteiger partial charge in [-0.25, -0.2) is 4.98 Å². The molecule has 1 aliphatic carbocycles. The second-order valence-electron chi connectivity index (χ2n) is 7.49. The Morgan fingerprint density at radius 3 is 2.52 bits per heavy atom. The lowest BCUT2D eigenvalue weighted by atomic mass is 9.86. The van der Waals surface area contributed by atoms with Crippen molar-refractivity contribution in [3.8, 4) is 5.75 Å². The molecule has 31 heavy (non-hydrogen) atoms. The summed E-state index contributed by atoms with van der Waals surface area (Å²) in [4.78, 5) is 15.1. The molecule has 1 heterocycles. The highest BCUT2D eigenvalue weighted by Gasteiger charge is 2.32. The molecule has 3 rings (SSSR count). The first-order chi connectivity index (χ1) is 14.7. The van der Waals surface area contributed by atoms with Crippen molar-refractivity contribution in [3.05, 3.63) is 52.1 Å². The monoisotopic (exact) mass is 439 g/mol. The molecule has 1 fully saturated rings. The van der Waals surface area contributed by atoms with Gasteiger partial charge in [-0.15, -0.1) is 13.2 Å². The number of alkyl halides is 3. The van der Waals surface area contributed by atoms with Crippen LogP contribution in [0.4, 0.5) is 30.5 Å². The van der Waals surface area contributed by atoms with E-state index in [0.717, 1.165) is 25.7 Å². The average molecular weight is 439 g/mol. The van der Waals surface area contributed by atoms with E-state index < -0.39 is 11.3 Å². The second-order valence-corrected chi connectivity index (χ2v) is 7.49. The van der Waals surface area contributed by atoms with Crippen LogP contribution in [0.3, 0.4) is 0 Å². The van der Waals surface area contributed by atoms with E-state index in [4.69, 9.17) is 5.73 Å². The van der Waals surface area contributed by atoms with Gasteiger partial charge in [0.05, 0.1) is 4.92 Å². The summed E-state index contributed by atoms with van der Waals surface area (Å²) in [5.74, 6) is 0.438. The van der Waals surface area contributed by atoms with E-state index in [1.54, 1.807) is 6.07 Å². The zero-order valence-electron chi connectivity index (χ0n) is 16.7. The Morgan fingerprint density at radius 2 is 1.84 bits per heavy atom. The molecule has 0 unspecified atom stereocenters. The first-order valence-electron chi connectivity index (χ1n) is 9.93. The van der Waals surface area contributed by atoms with Crippen molar-refractivity contribution in [3.63, 3.8) is 0 Å². The second kappa shape index (κ2) is 9.82. The summed E-state index contributed by atoms with van der Waals surface area (Å²) < 4.78 is 41.8. The maximum Gasteiger partial charge on any atom is 0.573 e. The molecule has 0 amide bonds. The quantitative estimate of drug-likeness (QED) is 0.412. The number of aromatic nitrogens is 1. The highest BCUT2D eigenvalue weighted by atomic mass is 19.4. The normalized spacial score (nSPS) is 19.0. The Morgan fingerprint density at radius 1 is 1.13 bits per heavy atom. The van der Waals surface area contributed by atoms with Gasteiger partial charge >= 0.3 is 12.0 Å². The molecule has 0 saturated heterocycles. The zero-order valence-corrected chi connectivity index (χ0v) is 16.7. The van der Waals surface area contributed by atoms with Crippen molar-refractivity contribution in [2.24, 2.45) is 11.7 Å². The Bertz CT molecular complexity index is 902. The number of halogens is 3. The maximum atomic E-state index is 12.6. The van der Waals surface area contributed by atoms with Gasteiger partial charge in [-0.3, -0.25) is 10.1 Å². The highest BCUT2D eigenvalue weighted by molar-refractivity contribution is 5.60. The number of para-hydroxylation sites is 1. The summed E-state index contributed by atoms with van der Waals surface area (Å²) in [5, 5.41) is 17.3. The fourth-order valence-corrected chi connectivity index (χ4v) is 3.52. The van der Waals surface area contributed by atoms with Gasteiger partial charge in [0.1, 0.15) is 11.6 Å². The van der Waals surface area contributed by atoms with Gasteiger partial charge in [0.15, 0.2) is 0 Å². The van der Waals surface area contributed by atoms with Crippen LogP contribution in [0.15, 0.2) is 36.4 Å². The van der Waals surface area contributed by atoms with Crippen molar-refractivity contribution < 1.29 is 22.8 Å². The molecule has 0 bridgehead atoms. The van der Waals surface area contributed by atoms with E-state index in [2.05, 4.69) is 20.4 Å². The molecular formula is C20H24F3N5O3. The number of nitrogens with zero attached hydrogens (tertiary/aromatic N) is 2. The van der Waals surface area contributed by atoms with Crippen LogP contribution in [-0.4, -0.2) is 28.9 Å². The van der Waals surface area contributed by atoms with E-state index in [-0.39, 0.29) is 35.4 Å². The predicted molar refractivity (Wildman–Crippen MR) is 110 cm³/mol. The number of pyridine rings is 1. The summed E-state index contributed by atoms with van der Waals surface area (Å²) in [6.07, 6.45) is -1.08. The van der Waals surface area contributed by atoms with E-state index in [0.29, 0.717) is 18.3 Å². The fourth-order valence-electron chi connectivity index (χ4n) is 3.52. The maximum absolute atomic E-state index is 12.6. The minimum atomic E-state index is -4.80. The SMILES string of the molecule is NC1CCC(CNc2nc(NCc3ccccc3OC(F)(F)F)ccc2[N+](=O)[O-])CC1. The molecule has 1 saturated carbocycles. The van der Waals surface area contributed by atoms with Crippen LogP contribution < -0.4 is 21.1 Å². The van der Waals surface area contributed by atoms with Crippen molar-refractivity contribution in [2.45, 2.75) is 44.6 Å². The Hall–Kier alpha value is -3.08. The Labute approximate surface area is 177 Å². The largest absolute Gasteiger partial charge is 0.573 e. The van der Waals surface area contributed by atoms with Gasteiger partial charge in [0.2, 0.25) is 5.82 Å². The van der Waals surface area contributed by atoms with Gasteiger partial charge in [-0.1, -0.05) is 18.2 Å². The number of nitrogens with one attached hydrogen (secondary N) is 2. The summed E-state index contributed by atoms with van der Waals surface area (Å²) in [5.41, 5.74) is 6.02. The van der Waals surface area contributed by atoms with E-state index in [1.165, 1.54) is 30.3 Å². The number of ether oxygens (including phenoxy) is 1. The summed E-state index contributed by atoms with van der Waals surface area (Å²) in [7, 11) is 0. The van der Waals surface area contributed by atoms with Crippen LogP contribution in [0.25, 0.3) is 0 Å². The molecule has 1 aliphatic rings. The molecule has 168 valence electrons. The van der Waals surface area contributed by atoms with Crippen LogP contribution >= 0.6 is 0 Å². The number of hydrogen-bond acceptors (Lipinski definition) is 7. The van der Waals surface area contributed by atoms with Gasteiger partial charge in [-0.2, -0.15) is 0 Å². The fraction of sp³-hybridized carbons (Fsp3) is 0.450. The molecule has 8 nitrogen and oxygen atoms in total. The third kappa shape index (κ3) is 6.71. The molecule has 0 aliphatic heterocycles. The van der Waals surface area contributed by atoms with Crippen molar-refractivity contribution in [1.29, 1.82) is 0 Å². The Kier molecular flexibility index (Phi) is 7.16. The standard InChI is InChI=1S/C20H24F3N5O3/c21-20(22,23)31-17-4-2-1-3-14(17)12-25-18-10-9-16(28(29)30)19(27-18)26-11-13-5-7-15(24)8-6-13/h1-4,9-10,13,15H,5-8,11-12,24H2,(H2,25,26,27). The molecule has 0 spiro atoms. The number of hydrogen-bond donors (Lipinski definition) is 3. The van der Waals surface area contributed by atoms with Crippen molar-refractivity contribution in [2.75, 3.05) is 17.2 Å². The highest BCUT2D eigenvalue weighted by Crippen LogP contribution is 2.29. The van der Waals surface area contributed by atoms with E-state index >= 15 is 0 Å². The number of benzene rings is 1. The minimum Gasteiger partial charge on any atom is -0.405 e. The van der Waals surface area contributed by atoms with Gasteiger partial charge in [0.25, 0.3) is 0 Å². The molecular weight excluding hydrogens is 415 g/mol. The molecule has 1 aromatic heterocycles. The number of anilines is 2. The average Bonchev–Trinajstić information content (AvgIpc) is 2.71. The van der Waals surface area contributed by atoms with Crippen molar-refractivity contribution >= 4 is 17.3 Å². The molecule has 0 radical (unpaired) electrons. The molecule has 2 aromatic rings. The van der Waals surface area contributed by atoms with Gasteiger partial charge < -0.3 is 21.1 Å². The molecule has 4 N–H and O–H groups in total. The van der Waals surface area contributed by atoms with Crippen molar-refractivity contribution in [1.82, 2.24) is 4.98 Å². The summed E-state index contributed by atoms with van der Waals surface area (Å²) in [6, 6.07) is 8.67. The van der Waals surface area contributed by atoms with E-state index in [9.17, 15) is 23.3 Å². The number of nitro groups is 1. The smallest absolute Gasteiger partial charge is 0.405 e. The number of nitrogens with two attached hydrogens (primary N) is 1. The van der Waals surface area contributed by atoms with Crippen LogP contribution in [0, 0.1) is 16.0 Å². The Balaban J connectivity index is 1.68. The van der Waals surface area contributed by atoms with Crippen LogP contribution in [0.2, 0.25) is 0 Å². The lowest BCUT2D eigenvalue weighted by molar-refractivity contribution is -0.384. The topological polar surface area (TPSA) is 115 Å². The predicted octanol–water partition coefficient (Wildman–Crippen LogP) is 4.43. The van der Waals surface area contributed by atoms with Crippen LogP contribution in [0.5, 0.6) is 5.75 Å². The van der Waals surface area contributed by atoms with Gasteiger partial charge in [-0.05, 0) is 43.7 Å². The third-order valence-electron chi connectivity index (χ3n) is 5.18. The first kappa shape index (κ1) is 22.6. The lowest BCUT2D eigenvalue weighted by Crippen LogP contribution is -2.29. The van der Waals surface area contributed by atoms with E-state index in [1.807, 2.05) is 0 Å². The third-order valence-corrected chi connectivity index (χ3v) is 5.18.